The minimum absolute atomic E-state index is 0.0787. The van der Waals surface area contributed by atoms with E-state index in [1.165, 1.54) is 24.1 Å². The monoisotopic (exact) mass is 543 g/mol. The minimum atomic E-state index is -3.91. The molecule has 0 saturated carbocycles. The van der Waals surface area contributed by atoms with E-state index in [1.54, 1.807) is 37.3 Å². The largest absolute Gasteiger partial charge is 0.495 e. The third-order valence-corrected chi connectivity index (χ3v) is 7.14. The van der Waals surface area contributed by atoms with E-state index < -0.39 is 28.5 Å². The quantitative estimate of drug-likeness (QED) is 0.460. The van der Waals surface area contributed by atoms with Gasteiger partial charge >= 0.3 is 0 Å². The molecule has 0 spiro atoms. The van der Waals surface area contributed by atoms with Crippen LogP contribution in [0, 0.1) is 0 Å². The Morgan fingerprint density at radius 1 is 1.06 bits per heavy atom. The zero-order chi connectivity index (χ0) is 26.3. The Morgan fingerprint density at radius 3 is 2.20 bits per heavy atom. The molecule has 0 aliphatic heterocycles. The second-order valence-corrected chi connectivity index (χ2v) is 11.0. The number of benzene rings is 2. The summed E-state index contributed by atoms with van der Waals surface area (Å²) in [7, 11) is -2.52. The van der Waals surface area contributed by atoms with Crippen molar-refractivity contribution < 1.29 is 22.7 Å². The third kappa shape index (κ3) is 8.02. The Kier molecular flexibility index (Phi) is 10.2. The molecule has 0 aliphatic rings. The fourth-order valence-corrected chi connectivity index (χ4v) is 4.42. The summed E-state index contributed by atoms with van der Waals surface area (Å²) >= 11 is 12.1. The van der Waals surface area contributed by atoms with E-state index in [9.17, 15) is 18.0 Å². The number of carbonyl (C=O) groups excluding carboxylic acids is 2. The maximum Gasteiger partial charge on any atom is 0.244 e. The number of amides is 2. The molecule has 0 bridgehead atoms. The van der Waals surface area contributed by atoms with E-state index in [2.05, 4.69) is 5.32 Å². The Balaban J connectivity index is 2.45. The zero-order valence-electron chi connectivity index (χ0n) is 20.4. The predicted molar refractivity (Wildman–Crippen MR) is 140 cm³/mol. The van der Waals surface area contributed by atoms with Crippen molar-refractivity contribution in [1.29, 1.82) is 0 Å². The number of hydrogen-bond acceptors (Lipinski definition) is 5. The molecule has 0 aliphatic carbocycles. The molecule has 0 aromatic heterocycles. The number of hydrogen-bond donors (Lipinski definition) is 1. The molecular formula is C24H31Cl2N3O5S. The van der Waals surface area contributed by atoms with Gasteiger partial charge in [0, 0.05) is 22.6 Å². The first-order chi connectivity index (χ1) is 16.4. The normalized spacial score (nSPS) is 13.0. The van der Waals surface area contributed by atoms with Crippen LogP contribution in [0.2, 0.25) is 10.0 Å². The van der Waals surface area contributed by atoms with Gasteiger partial charge in [-0.3, -0.25) is 13.9 Å². The molecule has 0 saturated heterocycles. The number of sulfonamides is 1. The van der Waals surface area contributed by atoms with Crippen LogP contribution in [0.1, 0.15) is 32.8 Å². The van der Waals surface area contributed by atoms with Crippen molar-refractivity contribution in [2.75, 3.05) is 24.2 Å². The summed E-state index contributed by atoms with van der Waals surface area (Å²) in [5.74, 6) is -0.674. The van der Waals surface area contributed by atoms with Gasteiger partial charge in [0.2, 0.25) is 21.8 Å². The van der Waals surface area contributed by atoms with E-state index in [1.807, 2.05) is 13.8 Å². The summed E-state index contributed by atoms with van der Waals surface area (Å²) in [5, 5.41) is 3.69. The van der Waals surface area contributed by atoms with Crippen molar-refractivity contribution in [2.24, 2.45) is 0 Å². The number of anilines is 1. The smallest absolute Gasteiger partial charge is 0.244 e. The molecule has 192 valence electrons. The highest BCUT2D eigenvalue weighted by Gasteiger charge is 2.31. The molecule has 11 heteroatoms. The number of methoxy groups -OCH3 is 1. The van der Waals surface area contributed by atoms with Gasteiger partial charge < -0.3 is 15.0 Å². The van der Waals surface area contributed by atoms with Crippen molar-refractivity contribution in [3.05, 3.63) is 58.1 Å². The summed E-state index contributed by atoms with van der Waals surface area (Å²) in [4.78, 5) is 27.8. The van der Waals surface area contributed by atoms with Crippen molar-refractivity contribution in [3.63, 3.8) is 0 Å². The Morgan fingerprint density at radius 2 is 1.66 bits per heavy atom. The van der Waals surface area contributed by atoms with Crippen molar-refractivity contribution >= 4 is 50.7 Å². The van der Waals surface area contributed by atoms with Crippen LogP contribution in [0.5, 0.6) is 5.75 Å². The lowest BCUT2D eigenvalue weighted by molar-refractivity contribution is -0.139. The molecule has 2 aromatic carbocycles. The lowest BCUT2D eigenvalue weighted by Crippen LogP contribution is -2.52. The summed E-state index contributed by atoms with van der Waals surface area (Å²) in [6.07, 6.45) is 1.71. The van der Waals surface area contributed by atoms with Gasteiger partial charge in [-0.15, -0.1) is 0 Å². The number of rotatable bonds is 11. The van der Waals surface area contributed by atoms with Gasteiger partial charge in [0.15, 0.2) is 0 Å². The summed E-state index contributed by atoms with van der Waals surface area (Å²) in [5.41, 5.74) is 0.858. The molecule has 0 radical (unpaired) electrons. The molecule has 8 nitrogen and oxygen atoms in total. The Bertz CT molecular complexity index is 1140. The van der Waals surface area contributed by atoms with Crippen LogP contribution in [0.4, 0.5) is 5.69 Å². The van der Waals surface area contributed by atoms with Crippen molar-refractivity contribution in [1.82, 2.24) is 10.2 Å². The van der Waals surface area contributed by atoms with Gasteiger partial charge in [-0.05, 0) is 56.2 Å². The van der Waals surface area contributed by atoms with Gasteiger partial charge in [-0.1, -0.05) is 42.3 Å². The van der Waals surface area contributed by atoms with Crippen LogP contribution in [-0.2, 0) is 26.2 Å². The first kappa shape index (κ1) is 28.7. The van der Waals surface area contributed by atoms with Gasteiger partial charge in [0.25, 0.3) is 0 Å². The van der Waals surface area contributed by atoms with Crippen molar-refractivity contribution in [3.8, 4) is 5.75 Å². The average Bonchev–Trinajstić information content (AvgIpc) is 2.80. The number of ether oxygens (including phenoxy) is 1. The van der Waals surface area contributed by atoms with Crippen LogP contribution in [-0.4, -0.2) is 57.1 Å². The molecule has 2 unspecified atom stereocenters. The van der Waals surface area contributed by atoms with Crippen LogP contribution >= 0.6 is 23.2 Å². The lowest BCUT2D eigenvalue weighted by atomic mass is 10.1. The summed E-state index contributed by atoms with van der Waals surface area (Å²) in [6, 6.07) is 10.4. The Labute approximate surface area is 217 Å². The molecule has 2 aromatic rings. The lowest BCUT2D eigenvalue weighted by Gasteiger charge is -2.32. The minimum Gasteiger partial charge on any atom is -0.495 e. The van der Waals surface area contributed by atoms with Crippen LogP contribution in [0.25, 0.3) is 0 Å². The molecule has 2 rings (SSSR count). The van der Waals surface area contributed by atoms with Crippen LogP contribution in [0.3, 0.4) is 0 Å². The summed E-state index contributed by atoms with van der Waals surface area (Å²) < 4.78 is 31.7. The fraction of sp³-hybridized carbons (Fsp3) is 0.417. The molecule has 2 atom stereocenters. The van der Waals surface area contributed by atoms with E-state index in [-0.39, 0.29) is 35.0 Å². The number of carbonyl (C=O) groups is 2. The second-order valence-electron chi connectivity index (χ2n) is 8.23. The SMILES string of the molecule is CCC(C)NC(=O)C(C)N(Cc1ccc(Cl)cc1)C(=O)CN(c1cc(Cl)ccc1OC)S(C)(=O)=O. The average molecular weight is 545 g/mol. The van der Waals surface area contributed by atoms with E-state index in [4.69, 9.17) is 27.9 Å². The van der Waals surface area contributed by atoms with Gasteiger partial charge in [0.1, 0.15) is 18.3 Å². The van der Waals surface area contributed by atoms with Gasteiger partial charge in [-0.25, -0.2) is 8.42 Å². The second kappa shape index (κ2) is 12.5. The molecular weight excluding hydrogens is 513 g/mol. The molecule has 0 heterocycles. The predicted octanol–water partition coefficient (Wildman–Crippen LogP) is 4.10. The van der Waals surface area contributed by atoms with E-state index >= 15 is 0 Å². The first-order valence-corrected chi connectivity index (χ1v) is 13.6. The van der Waals surface area contributed by atoms with Crippen LogP contribution in [0.15, 0.2) is 42.5 Å². The van der Waals surface area contributed by atoms with Gasteiger partial charge in [0.05, 0.1) is 19.1 Å². The molecule has 35 heavy (non-hydrogen) atoms. The topological polar surface area (TPSA) is 96.0 Å². The number of halogens is 2. The number of nitrogens with zero attached hydrogens (tertiary/aromatic N) is 2. The first-order valence-electron chi connectivity index (χ1n) is 11.0. The fourth-order valence-electron chi connectivity index (χ4n) is 3.29. The zero-order valence-corrected chi connectivity index (χ0v) is 22.7. The highest BCUT2D eigenvalue weighted by Crippen LogP contribution is 2.33. The maximum absolute atomic E-state index is 13.6. The highest BCUT2D eigenvalue weighted by atomic mass is 35.5. The summed E-state index contributed by atoms with van der Waals surface area (Å²) in [6.45, 7) is 4.94. The van der Waals surface area contributed by atoms with E-state index in [0.717, 1.165) is 22.5 Å². The molecule has 0 fully saturated rings. The Hall–Kier alpha value is -2.49. The maximum atomic E-state index is 13.6. The molecule has 1 N–H and O–H groups in total. The molecule has 2 amide bonds. The van der Waals surface area contributed by atoms with E-state index in [0.29, 0.717) is 5.02 Å². The van der Waals surface area contributed by atoms with Crippen LogP contribution < -0.4 is 14.4 Å². The van der Waals surface area contributed by atoms with Gasteiger partial charge in [-0.2, -0.15) is 0 Å². The highest BCUT2D eigenvalue weighted by molar-refractivity contribution is 7.92. The standard InChI is InChI=1S/C24H31Cl2N3O5S/c1-6-16(2)27-24(31)17(3)28(14-18-7-9-19(25)10-8-18)23(30)15-29(35(5,32)33)21-13-20(26)11-12-22(21)34-4/h7-13,16-17H,6,14-15H2,1-5H3,(H,27,31). The third-order valence-electron chi connectivity index (χ3n) is 5.52. The van der Waals surface area contributed by atoms with Crippen molar-refractivity contribution in [2.45, 2.75) is 45.8 Å². The number of nitrogens with one attached hydrogen (secondary N) is 1.